The second kappa shape index (κ2) is 11.3. The van der Waals surface area contributed by atoms with Crippen LogP contribution in [0.4, 0.5) is 4.39 Å². The maximum Gasteiger partial charge on any atom is 0.306 e. The molecule has 3 aromatic rings. The zero-order valence-corrected chi connectivity index (χ0v) is 21.7. The summed E-state index contributed by atoms with van der Waals surface area (Å²) < 4.78 is 26.7. The van der Waals surface area contributed by atoms with Gasteiger partial charge in [-0.2, -0.15) is 0 Å². The first-order chi connectivity index (χ1) is 17.7. The number of aliphatic carboxylic acids is 1. The Labute approximate surface area is 217 Å². The largest absolute Gasteiger partial charge is 0.494 e. The average Bonchev–Trinajstić information content (AvgIpc) is 3.22. The van der Waals surface area contributed by atoms with Crippen LogP contribution in [-0.2, 0) is 11.4 Å². The number of carboxylic acids is 1. The molecule has 1 aliphatic carbocycles. The highest BCUT2D eigenvalue weighted by molar-refractivity contribution is 5.71. The SMILES string of the molecule is CCOc1ccc(F)c(-c2ccc(COc3cccc([C@H](O)CC(=O)O)c3)cc2[C@H]2CCCC2(C)C)c1. The van der Waals surface area contributed by atoms with E-state index in [0.29, 0.717) is 35.8 Å². The first kappa shape index (κ1) is 26.7. The highest BCUT2D eigenvalue weighted by Crippen LogP contribution is 2.51. The van der Waals surface area contributed by atoms with Crippen LogP contribution in [0.1, 0.15) is 75.2 Å². The number of aliphatic hydroxyl groups excluding tert-OH is 1. The standard InChI is InChI=1S/C31H35FO5/c1-4-36-23-11-13-28(32)26(17-23)24-12-10-20(15-25(24)27-9-6-14-31(27,2)3)19-37-22-8-5-7-21(16-22)29(33)18-30(34)35/h5,7-8,10-13,15-17,27,29,33H,4,6,9,14,18-19H2,1-3H3,(H,34,35)/t27-,29-/m1/s1. The van der Waals surface area contributed by atoms with Gasteiger partial charge in [0, 0.05) is 5.56 Å². The van der Waals surface area contributed by atoms with Crippen LogP contribution in [0.25, 0.3) is 11.1 Å². The van der Waals surface area contributed by atoms with Gasteiger partial charge in [-0.15, -0.1) is 0 Å². The Balaban J connectivity index is 1.64. The molecule has 1 fully saturated rings. The third-order valence-corrected chi connectivity index (χ3v) is 7.30. The van der Waals surface area contributed by atoms with Gasteiger partial charge in [0.1, 0.15) is 23.9 Å². The fourth-order valence-electron chi connectivity index (χ4n) is 5.37. The van der Waals surface area contributed by atoms with Crippen LogP contribution in [0.5, 0.6) is 11.5 Å². The molecule has 0 saturated heterocycles. The summed E-state index contributed by atoms with van der Waals surface area (Å²) in [5.41, 5.74) is 4.07. The molecule has 2 N–H and O–H groups in total. The van der Waals surface area contributed by atoms with Gasteiger partial charge in [-0.25, -0.2) is 4.39 Å². The van der Waals surface area contributed by atoms with Crippen molar-refractivity contribution in [1.82, 2.24) is 0 Å². The van der Waals surface area contributed by atoms with E-state index in [1.54, 1.807) is 36.4 Å². The summed E-state index contributed by atoms with van der Waals surface area (Å²) in [4.78, 5) is 10.9. The molecular weight excluding hydrogens is 471 g/mol. The zero-order valence-electron chi connectivity index (χ0n) is 21.7. The Kier molecular flexibility index (Phi) is 8.18. The number of aliphatic hydroxyl groups is 1. The lowest BCUT2D eigenvalue weighted by molar-refractivity contribution is -0.139. The molecular formula is C31H35FO5. The molecule has 0 unspecified atom stereocenters. The second-order valence-electron chi connectivity index (χ2n) is 10.4. The molecule has 0 amide bonds. The van der Waals surface area contributed by atoms with E-state index >= 15 is 4.39 Å². The number of carboxylic acid groups (broad SMARTS) is 1. The Morgan fingerprint density at radius 1 is 1.05 bits per heavy atom. The number of benzene rings is 3. The predicted molar refractivity (Wildman–Crippen MR) is 141 cm³/mol. The van der Waals surface area contributed by atoms with Crippen molar-refractivity contribution in [3.63, 3.8) is 0 Å². The zero-order chi connectivity index (χ0) is 26.6. The van der Waals surface area contributed by atoms with E-state index in [1.165, 1.54) is 6.07 Å². The highest BCUT2D eigenvalue weighted by atomic mass is 19.1. The number of hydrogen-bond acceptors (Lipinski definition) is 4. The fourth-order valence-corrected chi connectivity index (χ4v) is 5.37. The quantitative estimate of drug-likeness (QED) is 0.302. The van der Waals surface area contributed by atoms with Crippen LogP contribution in [0.15, 0.2) is 60.7 Å². The second-order valence-corrected chi connectivity index (χ2v) is 10.4. The lowest BCUT2D eigenvalue weighted by Gasteiger charge is -2.30. The van der Waals surface area contributed by atoms with E-state index < -0.39 is 12.1 Å². The highest BCUT2D eigenvalue weighted by Gasteiger charge is 2.37. The van der Waals surface area contributed by atoms with Crippen LogP contribution < -0.4 is 9.47 Å². The van der Waals surface area contributed by atoms with Gasteiger partial charge in [0.25, 0.3) is 0 Å². The summed E-state index contributed by atoms with van der Waals surface area (Å²) in [6.45, 7) is 7.27. The molecule has 0 bridgehead atoms. The van der Waals surface area contributed by atoms with Crippen LogP contribution in [0, 0.1) is 11.2 Å². The normalized spacial score (nSPS) is 17.4. The minimum atomic E-state index is -1.10. The monoisotopic (exact) mass is 506 g/mol. The molecule has 3 aromatic carbocycles. The van der Waals surface area contributed by atoms with Crippen LogP contribution >= 0.6 is 0 Å². The summed E-state index contributed by atoms with van der Waals surface area (Å²) in [6.07, 6.45) is 1.82. The molecule has 0 aliphatic heterocycles. The number of ether oxygens (including phenoxy) is 2. The van der Waals surface area contributed by atoms with Crippen LogP contribution in [-0.4, -0.2) is 22.8 Å². The maximum atomic E-state index is 15.1. The van der Waals surface area contributed by atoms with Gasteiger partial charge >= 0.3 is 5.97 Å². The topological polar surface area (TPSA) is 76.0 Å². The molecule has 4 rings (SSSR count). The number of carbonyl (C=O) groups is 1. The molecule has 0 spiro atoms. The van der Waals surface area contributed by atoms with E-state index in [9.17, 15) is 9.90 Å². The van der Waals surface area contributed by atoms with Crippen molar-refractivity contribution in [3.8, 4) is 22.6 Å². The summed E-state index contributed by atoms with van der Waals surface area (Å²) in [5.74, 6) is 0.134. The van der Waals surface area contributed by atoms with E-state index in [4.69, 9.17) is 14.6 Å². The van der Waals surface area contributed by atoms with E-state index in [1.807, 2.05) is 19.1 Å². The molecule has 2 atom stereocenters. The van der Waals surface area contributed by atoms with Crippen molar-refractivity contribution in [2.24, 2.45) is 5.41 Å². The van der Waals surface area contributed by atoms with Crippen molar-refractivity contribution in [1.29, 1.82) is 0 Å². The van der Waals surface area contributed by atoms with Crippen molar-refractivity contribution < 1.29 is 28.9 Å². The molecule has 0 aromatic heterocycles. The minimum absolute atomic E-state index is 0.0941. The number of halogens is 1. The molecule has 0 radical (unpaired) electrons. The van der Waals surface area contributed by atoms with Crippen molar-refractivity contribution in [2.45, 2.75) is 65.1 Å². The average molecular weight is 507 g/mol. The Hall–Kier alpha value is -3.38. The summed E-state index contributed by atoms with van der Waals surface area (Å²) in [6, 6.07) is 17.8. The molecule has 1 saturated carbocycles. The first-order valence-corrected chi connectivity index (χ1v) is 12.9. The summed E-state index contributed by atoms with van der Waals surface area (Å²) in [5, 5.41) is 19.1. The van der Waals surface area contributed by atoms with Crippen LogP contribution in [0.3, 0.4) is 0 Å². The molecule has 0 heterocycles. The van der Waals surface area contributed by atoms with Gasteiger partial charge in [0.15, 0.2) is 0 Å². The summed E-state index contributed by atoms with van der Waals surface area (Å²) >= 11 is 0. The number of hydrogen-bond donors (Lipinski definition) is 2. The first-order valence-electron chi connectivity index (χ1n) is 12.9. The Bertz CT molecular complexity index is 1250. The molecule has 1 aliphatic rings. The lowest BCUT2D eigenvalue weighted by Crippen LogP contribution is -2.17. The van der Waals surface area contributed by atoms with E-state index in [-0.39, 0.29) is 23.6 Å². The third-order valence-electron chi connectivity index (χ3n) is 7.30. The minimum Gasteiger partial charge on any atom is -0.494 e. The Morgan fingerprint density at radius 3 is 2.54 bits per heavy atom. The van der Waals surface area contributed by atoms with Crippen molar-refractivity contribution in [2.75, 3.05) is 6.61 Å². The van der Waals surface area contributed by atoms with Crippen molar-refractivity contribution in [3.05, 3.63) is 83.2 Å². The third kappa shape index (κ3) is 6.31. The van der Waals surface area contributed by atoms with Crippen molar-refractivity contribution >= 4 is 5.97 Å². The predicted octanol–water partition coefficient (Wildman–Crippen LogP) is 7.27. The molecule has 6 heteroatoms. The van der Waals surface area contributed by atoms with Crippen LogP contribution in [0.2, 0.25) is 0 Å². The summed E-state index contributed by atoms with van der Waals surface area (Å²) in [7, 11) is 0. The van der Waals surface area contributed by atoms with Gasteiger partial charge in [-0.05, 0) is 83.7 Å². The Morgan fingerprint density at radius 2 is 1.84 bits per heavy atom. The number of rotatable bonds is 10. The smallest absolute Gasteiger partial charge is 0.306 e. The van der Waals surface area contributed by atoms with E-state index in [2.05, 4.69) is 19.9 Å². The van der Waals surface area contributed by atoms with Gasteiger partial charge in [-0.3, -0.25) is 4.79 Å². The van der Waals surface area contributed by atoms with Gasteiger partial charge in [0.05, 0.1) is 19.1 Å². The van der Waals surface area contributed by atoms with E-state index in [0.717, 1.165) is 36.0 Å². The maximum absolute atomic E-state index is 15.1. The van der Waals surface area contributed by atoms with Gasteiger partial charge in [-0.1, -0.05) is 50.6 Å². The fraction of sp³-hybridized carbons (Fsp3) is 0.387. The van der Waals surface area contributed by atoms with Gasteiger partial charge in [0.2, 0.25) is 0 Å². The molecule has 37 heavy (non-hydrogen) atoms. The molecule has 196 valence electrons. The lowest BCUT2D eigenvalue weighted by atomic mass is 9.75. The van der Waals surface area contributed by atoms with Gasteiger partial charge < -0.3 is 19.7 Å². The molecule has 5 nitrogen and oxygen atoms in total.